The highest BCUT2D eigenvalue weighted by molar-refractivity contribution is 7.17. The fraction of sp³-hybridized carbons (Fsp3) is 0.557. The van der Waals surface area contributed by atoms with E-state index in [1.165, 1.54) is 81.0 Å². The fourth-order valence-corrected chi connectivity index (χ4v) is 13.3. The molecule has 498 valence electrons. The van der Waals surface area contributed by atoms with E-state index in [4.69, 9.17) is 10.5 Å². The van der Waals surface area contributed by atoms with Gasteiger partial charge in [-0.1, -0.05) is 49.3 Å². The van der Waals surface area contributed by atoms with Gasteiger partial charge in [0.15, 0.2) is 11.5 Å². The summed E-state index contributed by atoms with van der Waals surface area (Å²) in [4.78, 5) is 108. The summed E-state index contributed by atoms with van der Waals surface area (Å²) in [6.07, 6.45) is -6.35. The molecule has 0 unspecified atom stereocenters. The summed E-state index contributed by atoms with van der Waals surface area (Å²) in [5.74, 6) is -7.67. The number of halogens is 2. The van der Waals surface area contributed by atoms with Crippen molar-refractivity contribution in [3.05, 3.63) is 77.9 Å². The summed E-state index contributed by atoms with van der Waals surface area (Å²) < 4.78 is 5.20. The number of benzene rings is 3. The van der Waals surface area contributed by atoms with Crippen molar-refractivity contribution in [2.24, 2.45) is 17.6 Å². The van der Waals surface area contributed by atoms with Gasteiger partial charge in [-0.3, -0.25) is 38.5 Å². The number of carbonyl (C=O) groups is 7. The highest BCUT2D eigenvalue weighted by atomic mass is 35.5. The molecule has 0 radical (unpaired) electrons. The van der Waals surface area contributed by atoms with Crippen molar-refractivity contribution in [3.8, 4) is 32.6 Å². The van der Waals surface area contributed by atoms with Crippen LogP contribution in [0.1, 0.15) is 74.7 Å². The van der Waals surface area contributed by atoms with Crippen LogP contribution in [0.4, 0.5) is 5.69 Å². The smallest absolute Gasteiger partial charge is 0.251 e. The van der Waals surface area contributed by atoms with Crippen LogP contribution in [-0.4, -0.2) is 241 Å². The lowest BCUT2D eigenvalue weighted by Gasteiger charge is -2.37. The molecule has 5 heterocycles. The molecule has 91 heavy (non-hydrogen) atoms. The standard InChI is InChI=1S/C61H82N12O15S.2ClH/c1-32-29-73-51(52(32)80)57(85)63-28-40(75)26-42(64-53(81)36-9-11-37(12-10-36)58-68-69-59(89-58)38-13-15-39(16-14-38)71-22-20-70(21-23-71)30-34-6-4-5-7-34)54(82)65-48(33(2)74)60(86)72-31-41(76)27-43(72)55(83)66-49(56(84)67-50(61(73)87)45(78)18-19-62)46(79)24-35-8-17-44(77)47(25-35)88-3;;/h8-17,25,32-34,40-43,45-46,48-52,74-80H,4-7,18-24,26-31,62H2,1-3H3,(H,63,85)(H,64,81)(H,65,82)(H,66,83)(H,67,84);2*1H/t32-,33+,40+,41+,42-,43-,45+,46+,48-,49-,50-,51-,52-;;/m0../s1. The Balaban J connectivity index is 0.00000588. The van der Waals surface area contributed by atoms with E-state index in [1.807, 2.05) is 12.1 Å². The SMILES string of the molecule is COc1cc(C[C@@H](O)[C@@H]2NC(=O)[C@@H]3C[C@@H](O)CN3C(=O)[C@H]([C@@H](C)O)NC(=O)[C@@H](NC(=O)c3ccc(-c4nnc(-c5ccc(N6CCN(CC7CCCC7)CC6)cc5)s4)cc3)C[C@@H](O)CNC(=O)[C@@H]3[C@@H](O)[C@@H](C)CN3C(=O)[C@H]([C@H](O)CCN)NC2=O)ccc1O.Cl.Cl. The quantitative estimate of drug-likeness (QED) is 0.0682. The molecular weight excluding hydrogens is 1240 g/mol. The number of phenols is 1. The van der Waals surface area contributed by atoms with Crippen molar-refractivity contribution in [1.29, 1.82) is 0 Å². The van der Waals surface area contributed by atoms with Gasteiger partial charge in [0.2, 0.25) is 35.4 Å². The third-order valence-electron chi connectivity index (χ3n) is 17.6. The predicted octanol–water partition coefficient (Wildman–Crippen LogP) is -0.961. The topological polar surface area (TPSA) is 395 Å². The van der Waals surface area contributed by atoms with E-state index in [9.17, 15) is 69.3 Å². The van der Waals surface area contributed by atoms with Crippen molar-refractivity contribution >= 4 is 83.2 Å². The van der Waals surface area contributed by atoms with E-state index in [2.05, 4.69) is 58.7 Å². The van der Waals surface area contributed by atoms with Gasteiger partial charge in [0.05, 0.1) is 43.7 Å². The normalized spacial score (nSPS) is 26.9. The predicted molar refractivity (Wildman–Crippen MR) is 339 cm³/mol. The molecule has 4 aromatic rings. The number of nitrogens with zero attached hydrogens (tertiary/aromatic N) is 6. The lowest BCUT2D eigenvalue weighted by molar-refractivity contribution is -0.147. The minimum atomic E-state index is -2.02. The molecule has 0 bridgehead atoms. The van der Waals surface area contributed by atoms with Crippen molar-refractivity contribution in [3.63, 3.8) is 0 Å². The fourth-order valence-electron chi connectivity index (χ4n) is 12.5. The first kappa shape index (κ1) is 71.6. The Morgan fingerprint density at radius 3 is 1.99 bits per heavy atom. The number of aliphatic hydroxyl groups is 6. The number of carbonyl (C=O) groups excluding carboxylic acids is 7. The van der Waals surface area contributed by atoms with Crippen molar-refractivity contribution in [2.75, 3.05) is 70.9 Å². The zero-order chi connectivity index (χ0) is 63.8. The Labute approximate surface area is 543 Å². The molecule has 1 aliphatic carbocycles. The van der Waals surface area contributed by atoms with Gasteiger partial charge in [-0.25, -0.2) is 0 Å². The minimum absolute atomic E-state index is 0. The number of amides is 7. The molecule has 13 atom stereocenters. The second-order valence-corrected chi connectivity index (χ2v) is 25.0. The van der Waals surface area contributed by atoms with Crippen LogP contribution >= 0.6 is 36.2 Å². The van der Waals surface area contributed by atoms with Gasteiger partial charge in [-0.15, -0.1) is 35.0 Å². The Hall–Kier alpha value is -6.83. The van der Waals surface area contributed by atoms with Crippen LogP contribution in [0.2, 0.25) is 0 Å². The van der Waals surface area contributed by atoms with Crippen LogP contribution in [0.5, 0.6) is 11.5 Å². The van der Waals surface area contributed by atoms with Gasteiger partial charge in [0.25, 0.3) is 5.91 Å². The van der Waals surface area contributed by atoms with Gasteiger partial charge in [-0.2, -0.15) is 0 Å². The molecule has 30 heteroatoms. The Kier molecular flexibility index (Phi) is 25.3. The molecule has 7 amide bonds. The summed E-state index contributed by atoms with van der Waals surface area (Å²) in [7, 11) is 1.28. The number of anilines is 1. The largest absolute Gasteiger partial charge is 0.504 e. The number of aromatic nitrogens is 2. The van der Waals surface area contributed by atoms with E-state index in [0.717, 1.165) is 60.1 Å². The van der Waals surface area contributed by atoms with Crippen molar-refractivity contribution < 1.29 is 74.0 Å². The maximum atomic E-state index is 14.7. The second kappa shape index (κ2) is 32.1. The lowest BCUT2D eigenvalue weighted by atomic mass is 9.98. The number of nitrogens with one attached hydrogen (secondary N) is 5. The molecule has 3 aromatic carbocycles. The summed E-state index contributed by atoms with van der Waals surface area (Å²) in [6, 6.07) is 7.66. The Bertz CT molecular complexity index is 3160. The number of rotatable bonds is 15. The van der Waals surface area contributed by atoms with Gasteiger partial charge < -0.3 is 87.5 Å². The van der Waals surface area contributed by atoms with Crippen LogP contribution in [0.3, 0.4) is 0 Å². The maximum Gasteiger partial charge on any atom is 0.251 e. The average Bonchev–Trinajstić information content (AvgIpc) is 1.83. The van der Waals surface area contributed by atoms with Crippen molar-refractivity contribution in [2.45, 2.75) is 138 Å². The molecule has 1 saturated carbocycles. The zero-order valence-electron chi connectivity index (χ0n) is 50.8. The summed E-state index contributed by atoms with van der Waals surface area (Å²) in [6.45, 7) is 6.23. The van der Waals surface area contributed by atoms with E-state index in [1.54, 1.807) is 19.1 Å². The maximum absolute atomic E-state index is 14.7. The highest BCUT2D eigenvalue weighted by Crippen LogP contribution is 2.33. The molecular formula is C61H84Cl2N12O15S. The van der Waals surface area contributed by atoms with Crippen molar-refractivity contribution in [1.82, 2.24) is 51.5 Å². The Morgan fingerprint density at radius 1 is 0.747 bits per heavy atom. The van der Waals surface area contributed by atoms with Gasteiger partial charge in [0.1, 0.15) is 46.3 Å². The highest BCUT2D eigenvalue weighted by Gasteiger charge is 2.50. The molecule has 0 spiro atoms. The Morgan fingerprint density at radius 2 is 1.36 bits per heavy atom. The molecule has 4 aliphatic heterocycles. The van der Waals surface area contributed by atoms with Crippen LogP contribution in [0.25, 0.3) is 21.1 Å². The average molecular weight is 1330 g/mol. The van der Waals surface area contributed by atoms with Crippen LogP contribution in [0, 0.1) is 11.8 Å². The molecule has 5 aliphatic rings. The van der Waals surface area contributed by atoms with E-state index < -0.39 is 152 Å². The van der Waals surface area contributed by atoms with Crippen LogP contribution < -0.4 is 42.0 Å². The minimum Gasteiger partial charge on any atom is -0.504 e. The summed E-state index contributed by atoms with van der Waals surface area (Å²) >= 11 is 1.36. The number of aromatic hydroxyl groups is 1. The number of phenolic OH excluding ortho intramolecular Hbond substituents is 1. The van der Waals surface area contributed by atoms with E-state index in [0.29, 0.717) is 15.6 Å². The third kappa shape index (κ3) is 17.3. The number of nitrogens with two attached hydrogens (primary N) is 1. The number of aliphatic hydroxyl groups excluding tert-OH is 6. The van der Waals surface area contributed by atoms with Gasteiger partial charge in [0, 0.05) is 99.9 Å². The molecule has 27 nitrogen and oxygen atoms in total. The monoisotopic (exact) mass is 1330 g/mol. The number of hydrogen-bond acceptors (Lipinski definition) is 21. The summed E-state index contributed by atoms with van der Waals surface area (Å²) in [5.41, 5.74) is 8.79. The number of fused-ring (bicyclic) bond motifs is 2. The molecule has 9 rings (SSSR count). The first-order valence-corrected chi connectivity index (χ1v) is 31.2. The number of β-amino-alcohol motifs (C(OH)–C–C–N with tert-alkyl or cyclic N) is 1. The van der Waals surface area contributed by atoms with Gasteiger partial charge >= 0.3 is 0 Å². The molecule has 14 N–H and O–H groups in total. The lowest BCUT2D eigenvalue weighted by Crippen LogP contribution is -2.64. The number of piperazine rings is 1. The number of ether oxygens (including phenoxy) is 1. The van der Waals surface area contributed by atoms with Crippen LogP contribution in [-0.2, 0) is 35.2 Å². The first-order chi connectivity index (χ1) is 42.6. The number of hydrogen-bond donors (Lipinski definition) is 13. The molecule has 1 aromatic heterocycles. The van der Waals surface area contributed by atoms with Crippen LogP contribution in [0.15, 0.2) is 66.7 Å². The summed E-state index contributed by atoms with van der Waals surface area (Å²) in [5, 5.41) is 101. The van der Waals surface area contributed by atoms with Gasteiger partial charge in [-0.05, 0) is 92.7 Å². The molecule has 4 saturated heterocycles. The van der Waals surface area contributed by atoms with E-state index >= 15 is 0 Å². The second-order valence-electron chi connectivity index (χ2n) is 24.1. The van der Waals surface area contributed by atoms with E-state index in [-0.39, 0.29) is 67.0 Å². The first-order valence-electron chi connectivity index (χ1n) is 30.4. The third-order valence-corrected chi connectivity index (χ3v) is 18.6. The number of methoxy groups -OCH3 is 1. The molecule has 5 fully saturated rings. The zero-order valence-corrected chi connectivity index (χ0v) is 53.3.